The quantitative estimate of drug-likeness (QED) is 0.916. The fraction of sp³-hybridized carbons (Fsp3) is 0.500. The van der Waals surface area contributed by atoms with Crippen LogP contribution in [0.15, 0.2) is 30.3 Å². The molecule has 0 spiro atoms. The van der Waals surface area contributed by atoms with Crippen molar-refractivity contribution >= 4 is 16.7 Å². The highest BCUT2D eigenvalue weighted by atomic mass is 16.5. The Balaban J connectivity index is 1.76. The SMILES string of the molecule is COc1cccc2ccc(NCC(C)(C)N3CCCC3)nc12. The maximum absolute atomic E-state index is 5.41. The lowest BCUT2D eigenvalue weighted by Crippen LogP contribution is -2.47. The standard InChI is InChI=1S/C18H25N3O/c1-18(2,21-11-4-5-12-21)13-19-16-10-9-14-7-6-8-15(22-3)17(14)20-16/h6-10H,4-5,11-13H2,1-3H3,(H,19,20). The smallest absolute Gasteiger partial charge is 0.145 e. The van der Waals surface area contributed by atoms with Gasteiger partial charge in [0.05, 0.1) is 7.11 Å². The van der Waals surface area contributed by atoms with Crippen molar-refractivity contribution in [3.05, 3.63) is 30.3 Å². The molecule has 3 rings (SSSR count). The molecule has 1 fully saturated rings. The van der Waals surface area contributed by atoms with Gasteiger partial charge in [-0.15, -0.1) is 0 Å². The van der Waals surface area contributed by atoms with Gasteiger partial charge in [-0.2, -0.15) is 0 Å². The molecule has 4 nitrogen and oxygen atoms in total. The molecule has 0 saturated carbocycles. The first kappa shape index (κ1) is 15.1. The molecule has 1 aromatic heterocycles. The van der Waals surface area contributed by atoms with Crippen molar-refractivity contribution in [1.82, 2.24) is 9.88 Å². The number of rotatable bonds is 5. The second kappa shape index (κ2) is 6.13. The highest BCUT2D eigenvalue weighted by molar-refractivity contribution is 5.85. The number of likely N-dealkylation sites (tertiary alicyclic amines) is 1. The molecule has 0 radical (unpaired) electrons. The normalized spacial score (nSPS) is 16.1. The van der Waals surface area contributed by atoms with E-state index in [1.165, 1.54) is 25.9 Å². The van der Waals surface area contributed by atoms with Gasteiger partial charge in [-0.05, 0) is 58.0 Å². The number of hydrogen-bond acceptors (Lipinski definition) is 4. The highest BCUT2D eigenvalue weighted by Gasteiger charge is 2.28. The summed E-state index contributed by atoms with van der Waals surface area (Å²) in [7, 11) is 1.69. The van der Waals surface area contributed by atoms with Crippen molar-refractivity contribution in [2.24, 2.45) is 0 Å². The van der Waals surface area contributed by atoms with Crippen molar-refractivity contribution in [2.75, 3.05) is 32.1 Å². The van der Waals surface area contributed by atoms with Crippen LogP contribution < -0.4 is 10.1 Å². The first-order valence-corrected chi connectivity index (χ1v) is 8.03. The summed E-state index contributed by atoms with van der Waals surface area (Å²) >= 11 is 0. The van der Waals surface area contributed by atoms with E-state index in [1.807, 2.05) is 18.2 Å². The average molecular weight is 299 g/mol. The van der Waals surface area contributed by atoms with Gasteiger partial charge in [-0.25, -0.2) is 4.98 Å². The van der Waals surface area contributed by atoms with E-state index in [1.54, 1.807) is 7.11 Å². The zero-order chi connectivity index (χ0) is 15.6. The van der Waals surface area contributed by atoms with E-state index in [0.717, 1.165) is 29.0 Å². The Hall–Kier alpha value is -1.81. The molecule has 22 heavy (non-hydrogen) atoms. The second-order valence-electron chi connectivity index (χ2n) is 6.59. The van der Waals surface area contributed by atoms with Crippen LogP contribution in [0.25, 0.3) is 10.9 Å². The van der Waals surface area contributed by atoms with Gasteiger partial charge in [0.25, 0.3) is 0 Å². The molecule has 1 aromatic carbocycles. The predicted molar refractivity (Wildman–Crippen MR) is 91.7 cm³/mol. The van der Waals surface area contributed by atoms with E-state index in [9.17, 15) is 0 Å². The average Bonchev–Trinajstić information content (AvgIpc) is 3.07. The summed E-state index contributed by atoms with van der Waals surface area (Å²) in [5.74, 6) is 1.73. The second-order valence-corrected chi connectivity index (χ2v) is 6.59. The third kappa shape index (κ3) is 3.02. The molecular formula is C18H25N3O. The lowest BCUT2D eigenvalue weighted by Gasteiger charge is -2.35. The van der Waals surface area contributed by atoms with Crippen molar-refractivity contribution in [3.63, 3.8) is 0 Å². The summed E-state index contributed by atoms with van der Waals surface area (Å²) in [4.78, 5) is 7.28. The summed E-state index contributed by atoms with van der Waals surface area (Å²) in [5.41, 5.74) is 1.06. The highest BCUT2D eigenvalue weighted by Crippen LogP contribution is 2.26. The molecule has 0 amide bonds. The van der Waals surface area contributed by atoms with E-state index >= 15 is 0 Å². The summed E-state index contributed by atoms with van der Waals surface area (Å²) in [6.45, 7) is 7.89. The molecule has 1 saturated heterocycles. The van der Waals surface area contributed by atoms with Crippen LogP contribution in [-0.4, -0.2) is 42.2 Å². The minimum absolute atomic E-state index is 0.147. The largest absolute Gasteiger partial charge is 0.494 e. The predicted octanol–water partition coefficient (Wildman–Crippen LogP) is 3.53. The van der Waals surface area contributed by atoms with Crippen LogP contribution in [0.1, 0.15) is 26.7 Å². The number of pyridine rings is 1. The topological polar surface area (TPSA) is 37.4 Å². The van der Waals surface area contributed by atoms with Crippen molar-refractivity contribution in [1.29, 1.82) is 0 Å². The molecule has 1 N–H and O–H groups in total. The lowest BCUT2D eigenvalue weighted by atomic mass is 10.0. The summed E-state index contributed by atoms with van der Waals surface area (Å²) in [6, 6.07) is 10.1. The zero-order valence-corrected chi connectivity index (χ0v) is 13.7. The van der Waals surface area contributed by atoms with E-state index in [-0.39, 0.29) is 5.54 Å². The molecule has 0 unspecified atom stereocenters. The van der Waals surface area contributed by atoms with E-state index in [4.69, 9.17) is 9.72 Å². The molecule has 1 aliphatic heterocycles. The van der Waals surface area contributed by atoms with Crippen LogP contribution in [0.4, 0.5) is 5.82 Å². The first-order valence-electron chi connectivity index (χ1n) is 8.03. The summed E-state index contributed by atoms with van der Waals surface area (Å²) < 4.78 is 5.41. The number of benzene rings is 1. The van der Waals surface area contributed by atoms with Crippen molar-refractivity contribution in [3.8, 4) is 5.75 Å². The molecule has 0 aliphatic carbocycles. The number of aromatic nitrogens is 1. The zero-order valence-electron chi connectivity index (χ0n) is 13.7. The van der Waals surface area contributed by atoms with Crippen LogP contribution >= 0.6 is 0 Å². The molecule has 2 aromatic rings. The Morgan fingerprint density at radius 2 is 1.95 bits per heavy atom. The third-order valence-corrected chi connectivity index (χ3v) is 4.57. The molecule has 0 atom stereocenters. The van der Waals surface area contributed by atoms with Crippen LogP contribution in [0.2, 0.25) is 0 Å². The molecule has 0 bridgehead atoms. The number of hydrogen-bond donors (Lipinski definition) is 1. The van der Waals surface area contributed by atoms with Crippen molar-refractivity contribution in [2.45, 2.75) is 32.2 Å². The van der Waals surface area contributed by atoms with E-state index in [2.05, 4.69) is 36.2 Å². The number of nitrogens with one attached hydrogen (secondary N) is 1. The molecule has 2 heterocycles. The molecule has 1 aliphatic rings. The number of fused-ring (bicyclic) bond motifs is 1. The Morgan fingerprint density at radius 1 is 1.18 bits per heavy atom. The van der Waals surface area contributed by atoms with E-state index in [0.29, 0.717) is 0 Å². The lowest BCUT2D eigenvalue weighted by molar-refractivity contribution is 0.168. The minimum atomic E-state index is 0.147. The fourth-order valence-electron chi connectivity index (χ4n) is 3.12. The number of methoxy groups -OCH3 is 1. The van der Waals surface area contributed by atoms with Crippen molar-refractivity contribution < 1.29 is 4.74 Å². The first-order chi connectivity index (χ1) is 10.6. The van der Waals surface area contributed by atoms with Crippen LogP contribution in [0.5, 0.6) is 5.75 Å². The van der Waals surface area contributed by atoms with Gasteiger partial charge in [0, 0.05) is 17.5 Å². The summed E-state index contributed by atoms with van der Waals surface area (Å²) in [5, 5.41) is 4.60. The Labute approximate surface area is 132 Å². The molecule has 118 valence electrons. The number of nitrogens with zero attached hydrogens (tertiary/aromatic N) is 2. The fourth-order valence-corrected chi connectivity index (χ4v) is 3.12. The molecular weight excluding hydrogens is 274 g/mol. The van der Waals surface area contributed by atoms with Gasteiger partial charge >= 0.3 is 0 Å². The van der Waals surface area contributed by atoms with Crippen LogP contribution in [-0.2, 0) is 0 Å². The van der Waals surface area contributed by atoms with E-state index < -0.39 is 0 Å². The van der Waals surface area contributed by atoms with Gasteiger partial charge in [-0.1, -0.05) is 12.1 Å². The van der Waals surface area contributed by atoms with Gasteiger partial charge < -0.3 is 10.1 Å². The van der Waals surface area contributed by atoms with Gasteiger partial charge in [0.15, 0.2) is 0 Å². The molecule has 4 heteroatoms. The Kier molecular flexibility index (Phi) is 4.21. The minimum Gasteiger partial charge on any atom is -0.494 e. The third-order valence-electron chi connectivity index (χ3n) is 4.57. The number of ether oxygens (including phenoxy) is 1. The van der Waals surface area contributed by atoms with Gasteiger partial charge in [-0.3, -0.25) is 4.90 Å². The summed E-state index contributed by atoms with van der Waals surface area (Å²) in [6.07, 6.45) is 2.63. The number of anilines is 1. The Bertz CT molecular complexity index is 648. The monoisotopic (exact) mass is 299 g/mol. The van der Waals surface area contributed by atoms with Gasteiger partial charge in [0.1, 0.15) is 17.1 Å². The van der Waals surface area contributed by atoms with Gasteiger partial charge in [0.2, 0.25) is 0 Å². The maximum Gasteiger partial charge on any atom is 0.145 e. The Morgan fingerprint density at radius 3 is 2.68 bits per heavy atom. The van der Waals surface area contributed by atoms with Crippen LogP contribution in [0, 0.1) is 0 Å². The number of para-hydroxylation sites is 1. The maximum atomic E-state index is 5.41. The van der Waals surface area contributed by atoms with Crippen LogP contribution in [0.3, 0.4) is 0 Å².